The number of hydrogen-bond donors (Lipinski definition) is 2. The molecule has 0 aromatic carbocycles. The second kappa shape index (κ2) is 2.89. The molecule has 10 heavy (non-hydrogen) atoms. The summed E-state index contributed by atoms with van der Waals surface area (Å²) >= 11 is 0. The van der Waals surface area contributed by atoms with Crippen LogP contribution >= 0.6 is 0 Å². The van der Waals surface area contributed by atoms with E-state index >= 15 is 0 Å². The van der Waals surface area contributed by atoms with Gasteiger partial charge >= 0.3 is 0 Å². The Labute approximate surface area is 62.4 Å². The number of nitrogens with one attached hydrogen (secondary N) is 2. The Kier molecular flexibility index (Phi) is 1.91. The average Bonchev–Trinajstić information content (AvgIpc) is 1.86. The summed E-state index contributed by atoms with van der Waals surface area (Å²) in [6.45, 7) is 3.75. The Hall–Kier alpha value is -0.0800. The molecule has 2 aliphatic rings. The van der Waals surface area contributed by atoms with Crippen LogP contribution in [0.25, 0.3) is 0 Å². The molecular weight excluding hydrogens is 124 g/mol. The molecule has 0 saturated carbocycles. The third-order valence-corrected chi connectivity index (χ3v) is 2.73. The summed E-state index contributed by atoms with van der Waals surface area (Å²) in [5, 5.41) is 6.90. The Morgan fingerprint density at radius 3 is 2.50 bits per heavy atom. The summed E-state index contributed by atoms with van der Waals surface area (Å²) in [5.41, 5.74) is 0. The van der Waals surface area contributed by atoms with E-state index in [-0.39, 0.29) is 0 Å². The fourth-order valence-corrected chi connectivity index (χ4v) is 1.88. The van der Waals surface area contributed by atoms with Gasteiger partial charge in [0.05, 0.1) is 0 Å². The largest absolute Gasteiger partial charge is 0.316 e. The van der Waals surface area contributed by atoms with Crippen LogP contribution in [0, 0.1) is 5.92 Å². The lowest BCUT2D eigenvalue weighted by molar-refractivity contribution is 0.223. The molecule has 2 saturated heterocycles. The third-order valence-electron chi connectivity index (χ3n) is 2.73. The Morgan fingerprint density at radius 1 is 1.10 bits per heavy atom. The molecule has 2 heteroatoms. The summed E-state index contributed by atoms with van der Waals surface area (Å²) in [4.78, 5) is 0. The van der Waals surface area contributed by atoms with Crippen LogP contribution in [0.4, 0.5) is 0 Å². The van der Waals surface area contributed by atoms with Gasteiger partial charge in [-0.05, 0) is 25.3 Å². The molecule has 0 spiro atoms. The SMILES string of the molecule is C1CC[C@@H](C2CNC2)NC1. The van der Waals surface area contributed by atoms with E-state index in [1.807, 2.05) is 0 Å². The summed E-state index contributed by atoms with van der Waals surface area (Å²) < 4.78 is 0. The Morgan fingerprint density at radius 2 is 2.00 bits per heavy atom. The van der Waals surface area contributed by atoms with E-state index in [1.165, 1.54) is 38.9 Å². The first-order valence-electron chi connectivity index (χ1n) is 4.41. The predicted octanol–water partition coefficient (Wildman–Crippen LogP) is 0.348. The molecular formula is C8H16N2. The first-order valence-corrected chi connectivity index (χ1v) is 4.41. The van der Waals surface area contributed by atoms with Gasteiger partial charge in [0.1, 0.15) is 0 Å². The van der Waals surface area contributed by atoms with Crippen LogP contribution in [0.15, 0.2) is 0 Å². The average molecular weight is 140 g/mol. The normalized spacial score (nSPS) is 35.4. The highest BCUT2D eigenvalue weighted by Crippen LogP contribution is 2.17. The molecule has 0 radical (unpaired) electrons. The lowest BCUT2D eigenvalue weighted by atomic mass is 9.88. The zero-order valence-corrected chi connectivity index (χ0v) is 6.40. The standard InChI is InChI=1S/C8H16N2/c1-2-4-10-8(3-1)7-5-9-6-7/h7-10H,1-6H2/t8-/m0/s1. The molecule has 0 amide bonds. The minimum Gasteiger partial charge on any atom is -0.316 e. The number of rotatable bonds is 1. The predicted molar refractivity (Wildman–Crippen MR) is 42.0 cm³/mol. The maximum Gasteiger partial charge on any atom is 0.0120 e. The van der Waals surface area contributed by atoms with Crippen molar-refractivity contribution in [3.63, 3.8) is 0 Å². The third kappa shape index (κ3) is 1.18. The Balaban J connectivity index is 1.78. The highest BCUT2D eigenvalue weighted by molar-refractivity contribution is 4.87. The maximum absolute atomic E-state index is 3.58. The fourth-order valence-electron chi connectivity index (χ4n) is 1.88. The van der Waals surface area contributed by atoms with Crippen molar-refractivity contribution in [1.29, 1.82) is 0 Å². The second-order valence-electron chi connectivity index (χ2n) is 3.47. The van der Waals surface area contributed by atoms with Gasteiger partial charge < -0.3 is 10.6 Å². The zero-order chi connectivity index (χ0) is 6.81. The van der Waals surface area contributed by atoms with Crippen LogP contribution in [-0.2, 0) is 0 Å². The van der Waals surface area contributed by atoms with Crippen molar-refractivity contribution in [2.75, 3.05) is 19.6 Å². The van der Waals surface area contributed by atoms with E-state index in [0.717, 1.165) is 12.0 Å². The van der Waals surface area contributed by atoms with Gasteiger partial charge in [0.15, 0.2) is 0 Å². The molecule has 58 valence electrons. The molecule has 2 aliphatic heterocycles. The summed E-state index contributed by atoms with van der Waals surface area (Å²) in [6.07, 6.45) is 4.23. The van der Waals surface area contributed by atoms with Gasteiger partial charge in [-0.2, -0.15) is 0 Å². The van der Waals surface area contributed by atoms with Crippen molar-refractivity contribution < 1.29 is 0 Å². The smallest absolute Gasteiger partial charge is 0.0120 e. The van der Waals surface area contributed by atoms with E-state index in [1.54, 1.807) is 0 Å². The van der Waals surface area contributed by atoms with Crippen molar-refractivity contribution in [2.24, 2.45) is 5.92 Å². The van der Waals surface area contributed by atoms with Crippen LogP contribution < -0.4 is 10.6 Å². The van der Waals surface area contributed by atoms with Gasteiger partial charge in [0, 0.05) is 19.1 Å². The molecule has 2 fully saturated rings. The van der Waals surface area contributed by atoms with Gasteiger partial charge in [-0.15, -0.1) is 0 Å². The van der Waals surface area contributed by atoms with Crippen molar-refractivity contribution in [3.05, 3.63) is 0 Å². The minimum absolute atomic E-state index is 0.843. The quantitative estimate of drug-likeness (QED) is 0.549. The highest BCUT2D eigenvalue weighted by atomic mass is 15.0. The summed E-state index contributed by atoms with van der Waals surface area (Å²) in [7, 11) is 0. The van der Waals surface area contributed by atoms with Gasteiger partial charge in [-0.3, -0.25) is 0 Å². The molecule has 2 rings (SSSR count). The van der Waals surface area contributed by atoms with E-state index in [9.17, 15) is 0 Å². The van der Waals surface area contributed by atoms with Gasteiger partial charge in [-0.1, -0.05) is 6.42 Å². The first kappa shape index (κ1) is 6.62. The molecule has 0 unspecified atom stereocenters. The van der Waals surface area contributed by atoms with Crippen molar-refractivity contribution in [2.45, 2.75) is 25.3 Å². The first-order chi connectivity index (χ1) is 4.97. The summed E-state index contributed by atoms with van der Waals surface area (Å²) in [5.74, 6) is 0.945. The van der Waals surface area contributed by atoms with Crippen LogP contribution in [0.5, 0.6) is 0 Å². The van der Waals surface area contributed by atoms with Crippen LogP contribution in [0.1, 0.15) is 19.3 Å². The Bertz CT molecular complexity index is 104. The second-order valence-corrected chi connectivity index (χ2v) is 3.47. The van der Waals surface area contributed by atoms with Crippen LogP contribution in [0.3, 0.4) is 0 Å². The van der Waals surface area contributed by atoms with E-state index in [2.05, 4.69) is 10.6 Å². The lowest BCUT2D eigenvalue weighted by Crippen LogP contribution is -2.54. The monoisotopic (exact) mass is 140 g/mol. The molecule has 1 atom stereocenters. The van der Waals surface area contributed by atoms with Crippen molar-refractivity contribution in [3.8, 4) is 0 Å². The fraction of sp³-hybridized carbons (Fsp3) is 1.00. The van der Waals surface area contributed by atoms with Crippen molar-refractivity contribution in [1.82, 2.24) is 10.6 Å². The van der Waals surface area contributed by atoms with Crippen LogP contribution in [-0.4, -0.2) is 25.7 Å². The van der Waals surface area contributed by atoms with Gasteiger partial charge in [-0.25, -0.2) is 0 Å². The molecule has 0 bridgehead atoms. The topological polar surface area (TPSA) is 24.1 Å². The van der Waals surface area contributed by atoms with Gasteiger partial charge in [0.25, 0.3) is 0 Å². The minimum atomic E-state index is 0.843. The van der Waals surface area contributed by atoms with Gasteiger partial charge in [0.2, 0.25) is 0 Å². The molecule has 0 aromatic rings. The van der Waals surface area contributed by atoms with Crippen molar-refractivity contribution >= 4 is 0 Å². The molecule has 0 aromatic heterocycles. The van der Waals surface area contributed by atoms with E-state index in [0.29, 0.717) is 0 Å². The number of piperidine rings is 1. The maximum atomic E-state index is 3.58. The lowest BCUT2D eigenvalue weighted by Gasteiger charge is -2.37. The zero-order valence-electron chi connectivity index (χ0n) is 6.40. The summed E-state index contributed by atoms with van der Waals surface area (Å²) in [6, 6.07) is 0.843. The highest BCUT2D eigenvalue weighted by Gasteiger charge is 2.27. The molecule has 0 aliphatic carbocycles. The molecule has 2 N–H and O–H groups in total. The van der Waals surface area contributed by atoms with Crippen LogP contribution in [0.2, 0.25) is 0 Å². The molecule has 2 nitrogen and oxygen atoms in total. The molecule has 2 heterocycles. The van der Waals surface area contributed by atoms with E-state index in [4.69, 9.17) is 0 Å². The van der Waals surface area contributed by atoms with E-state index < -0.39 is 0 Å². The number of hydrogen-bond acceptors (Lipinski definition) is 2.